The number of aliphatic hydroxyl groups excluding tert-OH is 2. The van der Waals surface area contributed by atoms with Gasteiger partial charge in [-0.15, -0.1) is 0 Å². The number of methoxy groups -OCH3 is 4. The molecule has 0 saturated carbocycles. The third kappa shape index (κ3) is 35.8. The summed E-state index contributed by atoms with van der Waals surface area (Å²) in [7, 11) is 13.6. The summed E-state index contributed by atoms with van der Waals surface area (Å²) in [5.41, 5.74) is 9.73. The van der Waals surface area contributed by atoms with E-state index in [1.54, 1.807) is 104 Å². The van der Waals surface area contributed by atoms with Gasteiger partial charge in [0.05, 0.1) is 140 Å². The summed E-state index contributed by atoms with van der Waals surface area (Å²) in [6, 6.07) is 22.2. The Hall–Kier alpha value is -8.52. The van der Waals surface area contributed by atoms with Crippen molar-refractivity contribution in [2.75, 3.05) is 69.7 Å². The molecule has 6 rings (SSSR count). The van der Waals surface area contributed by atoms with E-state index < -0.39 is 95.8 Å². The molecule has 0 spiro atoms. The van der Waals surface area contributed by atoms with Gasteiger partial charge >= 0.3 is 11.9 Å². The van der Waals surface area contributed by atoms with Crippen LogP contribution in [0.15, 0.2) is 97.3 Å². The first kappa shape index (κ1) is 117. The average Bonchev–Trinajstić information content (AvgIpc) is 1.48. The average molecular weight is 1860 g/mol. The number of esters is 2. The Balaban J connectivity index is 0.000000469. The highest BCUT2D eigenvalue weighted by Crippen LogP contribution is 2.35. The van der Waals surface area contributed by atoms with Gasteiger partial charge in [0.25, 0.3) is 0 Å². The molecular formula is C104H169N11O18. The van der Waals surface area contributed by atoms with Gasteiger partial charge in [-0.1, -0.05) is 170 Å². The molecule has 20 atom stereocenters. The monoisotopic (exact) mass is 1860 g/mol. The Labute approximate surface area is 796 Å². The maximum absolute atomic E-state index is 14.7. The molecule has 0 radical (unpaired) electrons. The maximum Gasteiger partial charge on any atom is 0.312 e. The van der Waals surface area contributed by atoms with Crippen LogP contribution >= 0.6 is 0 Å². The van der Waals surface area contributed by atoms with Crippen LogP contribution in [0.25, 0.3) is 0 Å². The molecule has 4 aromatic rings. The summed E-state index contributed by atoms with van der Waals surface area (Å²) in [6.45, 7) is 45.9. The molecule has 6 amide bonds. The summed E-state index contributed by atoms with van der Waals surface area (Å²) < 4.78 is 34.6. The van der Waals surface area contributed by atoms with E-state index in [-0.39, 0.29) is 151 Å². The highest BCUT2D eigenvalue weighted by Gasteiger charge is 2.47. The molecule has 29 heteroatoms. The lowest BCUT2D eigenvalue weighted by molar-refractivity contribution is -0.155. The standard InChI is InChI=1S/C52H83N5O9.C33H56N4O6.C19H30N2O3/c1-16-34(6)47(43(64-14)30-44(59)57-26-20-23-41(57)49(65-15)35(7)50(62)54-36(8)48(61)38-21-18-17-19-22-38)56(13)51(63)40(32(2)3)29-42(58)46(33(4)5)55(12)31-37-24-25-53-39(27-37)28-45(60)66-52(9,10)11;1-10-21(4)29(36(7)33(41)28(34)20(2)3)26(42-8)19-27(38)37-18-14-17-25(37)31(43-9)22(5)32(40)35-23(6)30(39)24-15-12-11-13-16-24;1-13(2)18(14(3)22)21(7)12-15-8-9-20-16(10-15)11-17(23)24-19(4,5)6/h17-19,21-22,24-25,27,32-36,40-41,43,46-49,61H,16,20,23,26,28-31H2,1-15H3,(H,54,62);11-13,15-16,20-23,25-26,28-31,39H,10,14,17-19,34H2,1-9H3,(H,35,40);8-10,13,18H,11-12H2,1-7H3/t34-,35+,36+,40-,41-,43+,46-,47-,48+,49+;21-,22+,23+,25-,26+,28-,29-,30+,31+;18-/m000/s1. The largest absolute Gasteiger partial charge is 0.460 e. The van der Waals surface area contributed by atoms with Gasteiger partial charge in [0.1, 0.15) is 17.0 Å². The van der Waals surface area contributed by atoms with Crippen LogP contribution in [-0.2, 0) is 102 Å². The maximum atomic E-state index is 14.7. The SMILES string of the molecule is CC(=O)[C@H](C(C)C)N(C)Cc1ccnc(CC(=O)OC(C)(C)C)c1.CC[C@H](C)[C@@H]([C@@H](CC(=O)N1CCC[C@H]1[C@H](OC)[C@@H](C)C(=O)N[C@H](C)[C@@H](O)c1ccccc1)OC)N(C)C(=O)[C@@H](CC(=O)[C@H](C(C)C)N(C)Cc1ccnc(CC(=O)OC(C)(C)C)c1)C(C)C.CC[C@H](C)[C@@H]([C@@H](CC(=O)N1CCC[C@H]1[C@H](OC)[C@@H](C)C(=O)N[C@H](C)[C@@H](O)c1ccccc1)OC)N(C)C(=O)[C@@H](N)C(C)C. The fraction of sp³-hybridized carbons (Fsp3) is 0.692. The molecule has 0 bridgehead atoms. The van der Waals surface area contributed by atoms with Crippen molar-refractivity contribution in [3.63, 3.8) is 0 Å². The van der Waals surface area contributed by atoms with E-state index in [9.17, 15) is 58.2 Å². The number of aliphatic hydroxyl groups is 2. The molecule has 2 aliphatic heterocycles. The Bertz CT molecular complexity index is 4260. The van der Waals surface area contributed by atoms with Crippen molar-refractivity contribution in [3.05, 3.63) is 131 Å². The second kappa shape index (κ2) is 55.6. The van der Waals surface area contributed by atoms with Crippen molar-refractivity contribution < 1.29 is 86.6 Å². The quantitative estimate of drug-likeness (QED) is 0.0256. The molecule has 748 valence electrons. The number of nitrogens with two attached hydrogens (primary N) is 1. The molecule has 2 saturated heterocycles. The minimum absolute atomic E-state index is 0.0108. The normalized spacial score (nSPS) is 18.3. The predicted molar refractivity (Wildman–Crippen MR) is 519 cm³/mol. The zero-order valence-electron chi connectivity index (χ0n) is 86.3. The van der Waals surface area contributed by atoms with Crippen molar-refractivity contribution in [1.29, 1.82) is 0 Å². The summed E-state index contributed by atoms with van der Waals surface area (Å²) in [4.78, 5) is 153. The van der Waals surface area contributed by atoms with Gasteiger partial charge in [0.15, 0.2) is 5.78 Å². The summed E-state index contributed by atoms with van der Waals surface area (Å²) in [5, 5.41) is 27.5. The second-order valence-corrected chi connectivity index (χ2v) is 40.4. The molecule has 4 heterocycles. The van der Waals surface area contributed by atoms with E-state index in [0.29, 0.717) is 56.0 Å². The molecular weight excluding hydrogens is 1690 g/mol. The lowest BCUT2D eigenvalue weighted by Gasteiger charge is -2.41. The molecule has 29 nitrogen and oxygen atoms in total. The molecule has 2 fully saturated rings. The van der Waals surface area contributed by atoms with E-state index in [1.807, 2.05) is 218 Å². The first-order valence-electron chi connectivity index (χ1n) is 48.1. The minimum Gasteiger partial charge on any atom is -0.460 e. The third-order valence-corrected chi connectivity index (χ3v) is 26.1. The Morgan fingerprint density at radius 2 is 0.857 bits per heavy atom. The van der Waals surface area contributed by atoms with Crippen LogP contribution in [0.4, 0.5) is 0 Å². The van der Waals surface area contributed by atoms with Gasteiger partial charge in [-0.3, -0.25) is 67.7 Å². The summed E-state index contributed by atoms with van der Waals surface area (Å²) >= 11 is 0. The molecule has 2 aromatic carbocycles. The lowest BCUT2D eigenvalue weighted by atomic mass is 9.83. The summed E-state index contributed by atoms with van der Waals surface area (Å²) in [5.74, 6) is -3.40. The zero-order chi connectivity index (χ0) is 101. The number of hydrogen-bond donors (Lipinski definition) is 5. The second-order valence-electron chi connectivity index (χ2n) is 40.4. The van der Waals surface area contributed by atoms with Crippen molar-refractivity contribution in [2.24, 2.45) is 59.0 Å². The van der Waals surface area contributed by atoms with E-state index in [1.165, 1.54) is 0 Å². The number of benzene rings is 2. The Morgan fingerprint density at radius 1 is 0.496 bits per heavy atom. The summed E-state index contributed by atoms with van der Waals surface area (Å²) in [6.07, 6.45) is 4.05. The number of ketones is 2. The van der Waals surface area contributed by atoms with E-state index >= 15 is 0 Å². The van der Waals surface area contributed by atoms with Gasteiger partial charge in [-0.25, -0.2) is 0 Å². The van der Waals surface area contributed by atoms with Gasteiger partial charge in [0.2, 0.25) is 35.4 Å². The van der Waals surface area contributed by atoms with Crippen LogP contribution in [0.1, 0.15) is 263 Å². The first-order valence-corrected chi connectivity index (χ1v) is 48.1. The van der Waals surface area contributed by atoms with Crippen LogP contribution in [0.5, 0.6) is 0 Å². The zero-order valence-corrected chi connectivity index (χ0v) is 86.3. The Morgan fingerprint density at radius 3 is 1.17 bits per heavy atom. The number of likely N-dealkylation sites (N-methyl/N-ethyl adjacent to an activating group) is 4. The number of aromatic nitrogens is 2. The predicted octanol–water partition coefficient (Wildman–Crippen LogP) is 13.0. The number of Topliss-reactive ketones (excluding diaryl/α,β-unsaturated/α-hetero) is 2. The fourth-order valence-corrected chi connectivity index (χ4v) is 18.8. The molecule has 133 heavy (non-hydrogen) atoms. The smallest absolute Gasteiger partial charge is 0.312 e. The highest BCUT2D eigenvalue weighted by molar-refractivity contribution is 5.90. The van der Waals surface area contributed by atoms with Crippen LogP contribution in [0.3, 0.4) is 0 Å². The minimum atomic E-state index is -0.894. The number of nitrogens with zero attached hydrogens (tertiary/aromatic N) is 8. The van der Waals surface area contributed by atoms with Crippen LogP contribution in [0.2, 0.25) is 0 Å². The van der Waals surface area contributed by atoms with Gasteiger partial charge in [-0.2, -0.15) is 0 Å². The lowest BCUT2D eigenvalue weighted by Crippen LogP contribution is -2.56. The van der Waals surface area contributed by atoms with Gasteiger partial charge < -0.3 is 74.6 Å². The molecule has 6 N–H and O–H groups in total. The van der Waals surface area contributed by atoms with Gasteiger partial charge in [-0.05, 0) is 184 Å². The number of likely N-dealkylation sites (tertiary alicyclic amines) is 2. The number of pyridine rings is 2. The first-order chi connectivity index (χ1) is 62.2. The molecule has 2 aliphatic rings. The van der Waals surface area contributed by atoms with Crippen molar-refractivity contribution in [2.45, 2.75) is 345 Å². The number of rotatable bonds is 48. The number of hydrogen-bond acceptors (Lipinski definition) is 23. The van der Waals surface area contributed by atoms with Crippen molar-refractivity contribution in [1.82, 2.24) is 50.0 Å². The highest BCUT2D eigenvalue weighted by atomic mass is 16.6. The van der Waals surface area contributed by atoms with E-state index in [4.69, 9.17) is 34.2 Å². The molecule has 0 unspecified atom stereocenters. The number of carbonyl (C=O) groups excluding carboxylic acids is 10. The number of nitrogens with one attached hydrogen (secondary N) is 2. The Kier molecular flexibility index (Phi) is 48.8. The number of ether oxygens (including phenoxy) is 6. The fourth-order valence-electron chi connectivity index (χ4n) is 18.8. The van der Waals surface area contributed by atoms with Crippen LogP contribution < -0.4 is 16.4 Å². The number of amides is 6. The molecule has 0 aliphatic carbocycles. The van der Waals surface area contributed by atoms with Crippen molar-refractivity contribution >= 4 is 58.9 Å². The van der Waals surface area contributed by atoms with E-state index in [2.05, 4.69) is 41.4 Å². The van der Waals surface area contributed by atoms with Gasteiger partial charge in [0, 0.05) is 93.4 Å². The van der Waals surface area contributed by atoms with E-state index in [0.717, 1.165) is 42.4 Å². The van der Waals surface area contributed by atoms with Crippen LogP contribution in [-0.4, -0.2) is 268 Å². The van der Waals surface area contributed by atoms with Crippen LogP contribution in [0, 0.1) is 53.3 Å². The molecule has 2 aromatic heterocycles. The topological polar surface area (TPSA) is 362 Å². The van der Waals surface area contributed by atoms with Crippen molar-refractivity contribution in [3.8, 4) is 0 Å². The number of carbonyl (C=O) groups is 10. The third-order valence-electron chi connectivity index (χ3n) is 26.1.